The molecule has 2 aromatic carbocycles. The van der Waals surface area contributed by atoms with Gasteiger partial charge in [-0.15, -0.1) is 0 Å². The van der Waals surface area contributed by atoms with E-state index in [1.807, 2.05) is 39.0 Å². The van der Waals surface area contributed by atoms with E-state index < -0.39 is 9.84 Å². The number of Topliss-reactive ketones (excluding diaryl/α,β-unsaturated/α-hetero) is 1. The van der Waals surface area contributed by atoms with Crippen molar-refractivity contribution in [3.8, 4) is 0 Å². The maximum absolute atomic E-state index is 13.9. The third-order valence-corrected chi connectivity index (χ3v) is 9.71. The molecule has 0 fully saturated rings. The number of fused-ring (bicyclic) bond motifs is 2. The van der Waals surface area contributed by atoms with Crippen molar-refractivity contribution >= 4 is 27.0 Å². The largest absolute Gasteiger partial charge is 0.313 e. The molecule has 2 aliphatic heterocycles. The molecule has 0 saturated carbocycles. The van der Waals surface area contributed by atoms with Crippen LogP contribution >= 0.6 is 0 Å². The van der Waals surface area contributed by atoms with Crippen LogP contribution in [0.1, 0.15) is 69.8 Å². The van der Waals surface area contributed by atoms with Gasteiger partial charge in [0.1, 0.15) is 0 Å². The van der Waals surface area contributed by atoms with E-state index in [4.69, 9.17) is 0 Å². The summed E-state index contributed by atoms with van der Waals surface area (Å²) in [7, 11) is -3.82. The van der Waals surface area contributed by atoms with Gasteiger partial charge in [-0.25, -0.2) is 8.42 Å². The second-order valence-electron chi connectivity index (χ2n) is 11.2. The van der Waals surface area contributed by atoms with Gasteiger partial charge in [0.15, 0.2) is 5.78 Å². The molecule has 3 aliphatic rings. The van der Waals surface area contributed by atoms with Crippen LogP contribution in [0, 0.1) is 5.92 Å². The Kier molecular flexibility index (Phi) is 6.68. The van der Waals surface area contributed by atoms with Crippen LogP contribution in [-0.4, -0.2) is 14.2 Å². The second kappa shape index (κ2) is 9.70. The highest BCUT2D eigenvalue weighted by Crippen LogP contribution is 2.50. The molecule has 0 atom stereocenters. The van der Waals surface area contributed by atoms with Gasteiger partial charge >= 0.3 is 0 Å². The molecule has 0 radical (unpaired) electrons. The predicted molar refractivity (Wildman–Crippen MR) is 155 cm³/mol. The molecule has 5 heteroatoms. The maximum atomic E-state index is 13.9. The zero-order valence-corrected chi connectivity index (χ0v) is 23.6. The number of sulfone groups is 1. The summed E-state index contributed by atoms with van der Waals surface area (Å²) in [4.78, 5) is 16.3. The van der Waals surface area contributed by atoms with E-state index >= 15 is 0 Å². The van der Waals surface area contributed by atoms with E-state index in [1.165, 1.54) is 11.1 Å². The highest BCUT2D eigenvalue weighted by molar-refractivity contribution is 7.95. The Bertz CT molecular complexity index is 1580. The zero-order valence-electron chi connectivity index (χ0n) is 22.8. The fourth-order valence-electron chi connectivity index (χ4n) is 5.93. The Hall–Kier alpha value is -3.44. The Morgan fingerprint density at radius 3 is 2.58 bits per heavy atom. The summed E-state index contributed by atoms with van der Waals surface area (Å²) in [6.07, 6.45) is 13.3. The number of benzene rings is 2. The third-order valence-electron chi connectivity index (χ3n) is 7.70. The lowest BCUT2D eigenvalue weighted by molar-refractivity contribution is 0.0991. The molecule has 0 spiro atoms. The normalized spacial score (nSPS) is 19.9. The molecule has 38 heavy (non-hydrogen) atoms. The van der Waals surface area contributed by atoms with Crippen LogP contribution in [0.4, 0.5) is 11.4 Å². The van der Waals surface area contributed by atoms with Gasteiger partial charge < -0.3 is 4.90 Å². The minimum Gasteiger partial charge on any atom is -0.313 e. The zero-order chi connectivity index (χ0) is 27.2. The van der Waals surface area contributed by atoms with Crippen molar-refractivity contribution in [1.82, 2.24) is 0 Å². The number of allylic oxidation sites excluding steroid dienone is 9. The molecule has 0 amide bonds. The number of hydrogen-bond acceptors (Lipinski definition) is 4. The van der Waals surface area contributed by atoms with Crippen LogP contribution in [0.3, 0.4) is 0 Å². The number of nitrogens with zero attached hydrogens (tertiary/aromatic N) is 1. The molecule has 0 unspecified atom stereocenters. The van der Waals surface area contributed by atoms with Gasteiger partial charge in [0.25, 0.3) is 0 Å². The minimum absolute atomic E-state index is 0.0745. The van der Waals surface area contributed by atoms with Crippen LogP contribution < -0.4 is 4.90 Å². The summed E-state index contributed by atoms with van der Waals surface area (Å²) in [5.74, 6) is -0.0244. The SMILES string of the molecule is C/C=C\C1=C(CC(C)C)S(=O)(=O)c2ccc(N3C4=C(C=CC=CC4)C(C)(C)c4ccccc43)cc2C(=O)C1. The van der Waals surface area contributed by atoms with E-state index in [0.717, 1.165) is 23.5 Å². The molecule has 5 rings (SSSR count). The lowest BCUT2D eigenvalue weighted by Gasteiger charge is -2.43. The molecule has 0 saturated heterocycles. The molecule has 4 nitrogen and oxygen atoms in total. The first kappa shape index (κ1) is 26.2. The van der Waals surface area contributed by atoms with E-state index in [9.17, 15) is 13.2 Å². The number of ketones is 1. The maximum Gasteiger partial charge on any atom is 0.203 e. The number of hydrogen-bond donors (Lipinski definition) is 0. The lowest BCUT2D eigenvalue weighted by Crippen LogP contribution is -2.33. The molecule has 2 aromatic rings. The van der Waals surface area contributed by atoms with E-state index in [1.54, 1.807) is 18.2 Å². The Balaban J connectivity index is 1.73. The fraction of sp³-hybridized carbons (Fsp3) is 0.303. The van der Waals surface area contributed by atoms with Gasteiger partial charge in [0, 0.05) is 40.9 Å². The summed E-state index contributed by atoms with van der Waals surface area (Å²) in [6.45, 7) is 10.3. The molecule has 2 heterocycles. The Morgan fingerprint density at radius 2 is 1.84 bits per heavy atom. The molecule has 196 valence electrons. The van der Waals surface area contributed by atoms with Crippen molar-refractivity contribution < 1.29 is 13.2 Å². The molecular formula is C33H35NO3S. The van der Waals surface area contributed by atoms with Gasteiger partial charge in [0.05, 0.1) is 9.80 Å². The molecule has 1 aliphatic carbocycles. The summed E-state index contributed by atoms with van der Waals surface area (Å²) < 4.78 is 27.9. The first-order chi connectivity index (χ1) is 18.1. The Labute approximate surface area is 226 Å². The van der Waals surface area contributed by atoms with Crippen LogP contribution in [-0.2, 0) is 15.3 Å². The number of carbonyl (C=O) groups excluding carboxylic acids is 1. The average Bonchev–Trinajstić information content (AvgIpc) is 3.16. The summed E-state index contributed by atoms with van der Waals surface area (Å²) in [6, 6.07) is 13.6. The van der Waals surface area contributed by atoms with Gasteiger partial charge in [-0.1, -0.05) is 82.4 Å². The molecule has 0 bridgehead atoms. The van der Waals surface area contributed by atoms with Gasteiger partial charge in [0.2, 0.25) is 9.84 Å². The standard InChI is InChI=1S/C33H35NO3S/c1-6-12-23-20-30(35)25-21-24(17-18-31(25)38(36,37)32(23)19-22(2)3)34-28-15-9-7-8-13-26(28)33(4,5)27-14-10-11-16-29(27)34/h6-14,16-18,21-22H,15,19-20H2,1-5H3/b12-6-. The van der Waals surface area contributed by atoms with Gasteiger partial charge in [-0.2, -0.15) is 0 Å². The quantitative estimate of drug-likeness (QED) is 0.404. The fourth-order valence-corrected chi connectivity index (χ4v) is 7.94. The molecule has 0 aromatic heterocycles. The topological polar surface area (TPSA) is 54.5 Å². The van der Waals surface area contributed by atoms with E-state index in [2.05, 4.69) is 61.3 Å². The van der Waals surface area contributed by atoms with Crippen LogP contribution in [0.2, 0.25) is 0 Å². The number of para-hydroxylation sites is 1. The summed E-state index contributed by atoms with van der Waals surface area (Å²) >= 11 is 0. The van der Waals surface area contributed by atoms with Crippen molar-refractivity contribution in [3.05, 3.63) is 112 Å². The van der Waals surface area contributed by atoms with Crippen molar-refractivity contribution in [3.63, 3.8) is 0 Å². The van der Waals surface area contributed by atoms with Crippen molar-refractivity contribution in [2.45, 2.75) is 64.2 Å². The van der Waals surface area contributed by atoms with Crippen molar-refractivity contribution in [2.24, 2.45) is 5.92 Å². The van der Waals surface area contributed by atoms with Gasteiger partial charge in [-0.05, 0) is 60.2 Å². The second-order valence-corrected chi connectivity index (χ2v) is 13.1. The third kappa shape index (κ3) is 4.23. The first-order valence-electron chi connectivity index (χ1n) is 13.3. The highest BCUT2D eigenvalue weighted by Gasteiger charge is 2.39. The average molecular weight is 526 g/mol. The van der Waals surface area contributed by atoms with Crippen molar-refractivity contribution in [1.29, 1.82) is 0 Å². The van der Waals surface area contributed by atoms with Gasteiger partial charge in [-0.3, -0.25) is 4.79 Å². The van der Waals surface area contributed by atoms with Crippen LogP contribution in [0.15, 0.2) is 106 Å². The highest BCUT2D eigenvalue weighted by atomic mass is 32.2. The Morgan fingerprint density at radius 1 is 1.08 bits per heavy atom. The van der Waals surface area contributed by atoms with E-state index in [-0.39, 0.29) is 34.0 Å². The smallest absolute Gasteiger partial charge is 0.203 e. The minimum atomic E-state index is -3.82. The molecular weight excluding hydrogens is 490 g/mol. The van der Waals surface area contributed by atoms with Crippen molar-refractivity contribution in [2.75, 3.05) is 4.90 Å². The lowest BCUT2D eigenvalue weighted by atomic mass is 9.72. The summed E-state index contributed by atoms with van der Waals surface area (Å²) in [5.41, 5.74) is 6.05. The van der Waals surface area contributed by atoms with Crippen LogP contribution in [0.5, 0.6) is 0 Å². The number of rotatable bonds is 4. The number of carbonyl (C=O) groups is 1. The van der Waals surface area contributed by atoms with E-state index in [0.29, 0.717) is 16.9 Å². The number of anilines is 2. The first-order valence-corrected chi connectivity index (χ1v) is 14.8. The van der Waals surface area contributed by atoms with Crippen LogP contribution in [0.25, 0.3) is 0 Å². The molecule has 0 N–H and O–H groups in total. The monoisotopic (exact) mass is 525 g/mol. The predicted octanol–water partition coefficient (Wildman–Crippen LogP) is 8.12. The summed E-state index contributed by atoms with van der Waals surface area (Å²) in [5, 5.41) is 0.